The normalized spacial score (nSPS) is 17.9. The third kappa shape index (κ3) is 3.65. The lowest BCUT2D eigenvalue weighted by Crippen LogP contribution is -2.29. The highest BCUT2D eigenvalue weighted by Gasteiger charge is 2.31. The average Bonchev–Trinajstić information content (AvgIpc) is 2.59. The summed E-state index contributed by atoms with van der Waals surface area (Å²) in [5, 5.41) is 20.7. The average molecular weight is 336 g/mol. The van der Waals surface area contributed by atoms with Crippen molar-refractivity contribution in [1.29, 1.82) is 0 Å². The molecule has 1 aliphatic rings. The standard InChI is InChI=1S/C21H25BO3/c1-21(2,3)19-13-17(8-10-20(19)25-4)14-5-6-16-12-18(22(23)24)9-7-15(16)11-14/h5-12,19,23-24H,13H2,1-4H3. The third-order valence-electron chi connectivity index (χ3n) is 5.03. The first-order valence-electron chi connectivity index (χ1n) is 8.64. The second kappa shape index (κ2) is 6.70. The number of ether oxygens (including phenoxy) is 1. The largest absolute Gasteiger partial charge is 0.501 e. The number of hydrogen-bond donors (Lipinski definition) is 2. The molecule has 1 unspecified atom stereocenters. The van der Waals surface area contributed by atoms with Crippen LogP contribution in [0.2, 0.25) is 0 Å². The Morgan fingerprint density at radius 2 is 1.68 bits per heavy atom. The van der Waals surface area contributed by atoms with E-state index in [9.17, 15) is 10.0 Å². The zero-order valence-electron chi connectivity index (χ0n) is 15.3. The van der Waals surface area contributed by atoms with Crippen LogP contribution in [0.5, 0.6) is 0 Å². The maximum atomic E-state index is 9.32. The van der Waals surface area contributed by atoms with E-state index in [1.165, 1.54) is 11.1 Å². The van der Waals surface area contributed by atoms with Gasteiger partial charge in [-0.15, -0.1) is 0 Å². The van der Waals surface area contributed by atoms with Crippen LogP contribution in [0, 0.1) is 11.3 Å². The Morgan fingerprint density at radius 3 is 2.32 bits per heavy atom. The highest BCUT2D eigenvalue weighted by Crippen LogP contribution is 2.42. The first-order valence-corrected chi connectivity index (χ1v) is 8.64. The second-order valence-electron chi connectivity index (χ2n) is 7.78. The fraction of sp³-hybridized carbons (Fsp3) is 0.333. The molecule has 0 heterocycles. The molecule has 2 aromatic rings. The van der Waals surface area contributed by atoms with E-state index in [0.29, 0.717) is 11.4 Å². The van der Waals surface area contributed by atoms with Gasteiger partial charge in [-0.25, -0.2) is 0 Å². The molecule has 0 aromatic heterocycles. The van der Waals surface area contributed by atoms with Crippen molar-refractivity contribution in [2.75, 3.05) is 7.11 Å². The molecule has 3 nitrogen and oxygen atoms in total. The molecule has 3 rings (SSSR count). The van der Waals surface area contributed by atoms with Crippen molar-refractivity contribution in [2.24, 2.45) is 11.3 Å². The molecular formula is C21H25BO3. The molecule has 25 heavy (non-hydrogen) atoms. The molecule has 0 bridgehead atoms. The first-order chi connectivity index (χ1) is 11.8. The van der Waals surface area contributed by atoms with Crippen LogP contribution in [0.3, 0.4) is 0 Å². The van der Waals surface area contributed by atoms with Gasteiger partial charge in [-0.3, -0.25) is 0 Å². The molecule has 0 aliphatic heterocycles. The van der Waals surface area contributed by atoms with Gasteiger partial charge in [-0.1, -0.05) is 57.2 Å². The number of rotatable bonds is 3. The van der Waals surface area contributed by atoms with Crippen molar-refractivity contribution < 1.29 is 14.8 Å². The van der Waals surface area contributed by atoms with Crippen molar-refractivity contribution in [2.45, 2.75) is 27.2 Å². The Labute approximate surface area is 149 Å². The van der Waals surface area contributed by atoms with Gasteiger partial charge >= 0.3 is 7.12 Å². The molecule has 0 radical (unpaired) electrons. The van der Waals surface area contributed by atoms with E-state index < -0.39 is 7.12 Å². The molecular weight excluding hydrogens is 311 g/mol. The fourth-order valence-electron chi connectivity index (χ4n) is 3.47. The van der Waals surface area contributed by atoms with Gasteiger partial charge in [0.25, 0.3) is 0 Å². The predicted molar refractivity (Wildman–Crippen MR) is 104 cm³/mol. The molecule has 1 aliphatic carbocycles. The van der Waals surface area contributed by atoms with Gasteiger partial charge in [0.1, 0.15) is 0 Å². The second-order valence-corrected chi connectivity index (χ2v) is 7.78. The molecule has 0 spiro atoms. The van der Waals surface area contributed by atoms with Gasteiger partial charge in [-0.05, 0) is 51.4 Å². The fourth-order valence-corrected chi connectivity index (χ4v) is 3.47. The summed E-state index contributed by atoms with van der Waals surface area (Å²) in [6, 6.07) is 11.8. The summed E-state index contributed by atoms with van der Waals surface area (Å²) in [6.45, 7) is 6.74. The summed E-state index contributed by atoms with van der Waals surface area (Å²) in [5.74, 6) is 1.39. The molecule has 0 saturated carbocycles. The number of hydrogen-bond acceptors (Lipinski definition) is 3. The van der Waals surface area contributed by atoms with Crippen LogP contribution in [-0.2, 0) is 4.74 Å². The Balaban J connectivity index is 1.97. The lowest BCUT2D eigenvalue weighted by atomic mass is 9.73. The van der Waals surface area contributed by atoms with Crippen LogP contribution in [0.25, 0.3) is 16.3 Å². The summed E-state index contributed by atoms with van der Waals surface area (Å²) < 4.78 is 5.59. The number of allylic oxidation sites excluding steroid dienone is 4. The van der Waals surface area contributed by atoms with Gasteiger partial charge in [-0.2, -0.15) is 0 Å². The summed E-state index contributed by atoms with van der Waals surface area (Å²) in [6.07, 6.45) is 5.18. The van der Waals surface area contributed by atoms with Gasteiger partial charge < -0.3 is 14.8 Å². The Kier molecular flexibility index (Phi) is 4.76. The van der Waals surface area contributed by atoms with Crippen molar-refractivity contribution >= 4 is 28.9 Å². The molecule has 1 atom stereocenters. The minimum Gasteiger partial charge on any atom is -0.501 e. The van der Waals surface area contributed by atoms with Crippen LogP contribution in [0.15, 0.2) is 54.3 Å². The van der Waals surface area contributed by atoms with E-state index in [2.05, 4.69) is 45.1 Å². The topological polar surface area (TPSA) is 49.7 Å². The van der Waals surface area contributed by atoms with Gasteiger partial charge in [0.05, 0.1) is 12.9 Å². The molecule has 0 fully saturated rings. The molecule has 4 heteroatoms. The maximum absolute atomic E-state index is 9.32. The lowest BCUT2D eigenvalue weighted by molar-refractivity contribution is 0.165. The Bertz CT molecular complexity index is 844. The summed E-state index contributed by atoms with van der Waals surface area (Å²) in [4.78, 5) is 0. The van der Waals surface area contributed by atoms with Gasteiger partial charge in [0, 0.05) is 5.92 Å². The SMILES string of the molecule is COC1=CC=C(c2ccc3cc(B(O)O)ccc3c2)CC1C(C)(C)C. The van der Waals surface area contributed by atoms with Crippen molar-refractivity contribution in [3.8, 4) is 0 Å². The molecule has 0 saturated heterocycles. The minimum atomic E-state index is -1.43. The van der Waals surface area contributed by atoms with E-state index in [1.54, 1.807) is 13.2 Å². The molecule has 2 aromatic carbocycles. The third-order valence-corrected chi connectivity index (χ3v) is 5.03. The van der Waals surface area contributed by atoms with Crippen LogP contribution in [-0.4, -0.2) is 24.3 Å². The maximum Gasteiger partial charge on any atom is 0.488 e. The molecule has 130 valence electrons. The number of benzene rings is 2. The van der Waals surface area contributed by atoms with Crippen LogP contribution < -0.4 is 5.46 Å². The summed E-state index contributed by atoms with van der Waals surface area (Å²) >= 11 is 0. The Morgan fingerprint density at radius 1 is 1.00 bits per heavy atom. The Hall–Kier alpha value is -2.04. The van der Waals surface area contributed by atoms with E-state index in [1.807, 2.05) is 18.2 Å². The van der Waals surface area contributed by atoms with E-state index in [-0.39, 0.29) is 5.41 Å². The van der Waals surface area contributed by atoms with Crippen molar-refractivity contribution in [3.63, 3.8) is 0 Å². The first kappa shape index (κ1) is 17.8. The summed E-state index contributed by atoms with van der Waals surface area (Å²) in [5.41, 5.74) is 3.14. The lowest BCUT2D eigenvalue weighted by Gasteiger charge is -2.34. The predicted octanol–water partition coefficient (Wildman–Crippen LogP) is 3.50. The number of fused-ring (bicyclic) bond motifs is 1. The number of methoxy groups -OCH3 is 1. The highest BCUT2D eigenvalue weighted by atomic mass is 16.5. The van der Waals surface area contributed by atoms with E-state index in [4.69, 9.17) is 4.74 Å². The molecule has 0 amide bonds. The van der Waals surface area contributed by atoms with E-state index >= 15 is 0 Å². The van der Waals surface area contributed by atoms with Gasteiger partial charge in [0.15, 0.2) is 0 Å². The van der Waals surface area contributed by atoms with Crippen LogP contribution in [0.1, 0.15) is 32.8 Å². The van der Waals surface area contributed by atoms with E-state index in [0.717, 1.165) is 23.0 Å². The van der Waals surface area contributed by atoms with Crippen LogP contribution >= 0.6 is 0 Å². The zero-order chi connectivity index (χ0) is 18.2. The quantitative estimate of drug-likeness (QED) is 0.844. The zero-order valence-corrected chi connectivity index (χ0v) is 15.3. The summed E-state index contributed by atoms with van der Waals surface area (Å²) in [7, 11) is 0.308. The highest BCUT2D eigenvalue weighted by molar-refractivity contribution is 6.58. The van der Waals surface area contributed by atoms with Gasteiger partial charge in [0.2, 0.25) is 0 Å². The monoisotopic (exact) mass is 336 g/mol. The van der Waals surface area contributed by atoms with Crippen molar-refractivity contribution in [3.05, 3.63) is 59.9 Å². The minimum absolute atomic E-state index is 0.129. The van der Waals surface area contributed by atoms with Crippen molar-refractivity contribution in [1.82, 2.24) is 0 Å². The smallest absolute Gasteiger partial charge is 0.488 e. The molecule has 2 N–H and O–H groups in total. The van der Waals surface area contributed by atoms with Crippen LogP contribution in [0.4, 0.5) is 0 Å².